The van der Waals surface area contributed by atoms with E-state index in [2.05, 4.69) is 4.98 Å². The summed E-state index contributed by atoms with van der Waals surface area (Å²) in [6, 6.07) is 7.33. The second-order valence-electron chi connectivity index (χ2n) is 5.65. The number of rotatable bonds is 3. The fraction of sp³-hybridized carbons (Fsp3) is 0.412. The van der Waals surface area contributed by atoms with Gasteiger partial charge in [-0.2, -0.15) is 0 Å². The molecular formula is C17H19ClN2O2. The SMILES string of the molecule is Cc1oc(-c2ccc(Cl)cc2)nc1CC(=O)N1CCCCC1. The lowest BCUT2D eigenvalue weighted by atomic mass is 10.1. The molecular weight excluding hydrogens is 300 g/mol. The van der Waals surface area contributed by atoms with Crippen LogP contribution in [0, 0.1) is 6.92 Å². The van der Waals surface area contributed by atoms with Crippen LogP contribution in [0.5, 0.6) is 0 Å². The Hall–Kier alpha value is -1.81. The number of hydrogen-bond acceptors (Lipinski definition) is 3. The first-order valence-electron chi connectivity index (χ1n) is 7.63. The zero-order valence-electron chi connectivity index (χ0n) is 12.6. The van der Waals surface area contributed by atoms with E-state index in [4.69, 9.17) is 16.0 Å². The lowest BCUT2D eigenvalue weighted by Crippen LogP contribution is -2.36. The van der Waals surface area contributed by atoms with E-state index >= 15 is 0 Å². The van der Waals surface area contributed by atoms with E-state index in [1.54, 1.807) is 12.1 Å². The van der Waals surface area contributed by atoms with Crippen LogP contribution in [0.25, 0.3) is 11.5 Å². The molecule has 0 N–H and O–H groups in total. The minimum absolute atomic E-state index is 0.138. The Morgan fingerprint density at radius 3 is 2.59 bits per heavy atom. The number of piperidine rings is 1. The zero-order chi connectivity index (χ0) is 15.5. The molecule has 5 heteroatoms. The van der Waals surface area contributed by atoms with Gasteiger partial charge in [0.25, 0.3) is 0 Å². The quantitative estimate of drug-likeness (QED) is 0.863. The number of aryl methyl sites for hydroxylation is 1. The second kappa shape index (κ2) is 6.53. The van der Waals surface area contributed by atoms with Gasteiger partial charge in [-0.25, -0.2) is 4.98 Å². The van der Waals surface area contributed by atoms with Gasteiger partial charge in [-0.1, -0.05) is 11.6 Å². The molecule has 0 unspecified atom stereocenters. The van der Waals surface area contributed by atoms with Crippen molar-refractivity contribution in [1.82, 2.24) is 9.88 Å². The van der Waals surface area contributed by atoms with E-state index in [1.807, 2.05) is 24.0 Å². The molecule has 4 nitrogen and oxygen atoms in total. The molecule has 0 atom stereocenters. The van der Waals surface area contributed by atoms with E-state index < -0.39 is 0 Å². The molecule has 2 heterocycles. The molecule has 1 aromatic carbocycles. The van der Waals surface area contributed by atoms with Crippen LogP contribution in [-0.2, 0) is 11.2 Å². The summed E-state index contributed by atoms with van der Waals surface area (Å²) in [6.45, 7) is 3.57. The van der Waals surface area contributed by atoms with Gasteiger partial charge >= 0.3 is 0 Å². The molecule has 1 aliphatic heterocycles. The van der Waals surface area contributed by atoms with Crippen molar-refractivity contribution in [2.24, 2.45) is 0 Å². The first-order valence-corrected chi connectivity index (χ1v) is 8.01. The maximum Gasteiger partial charge on any atom is 0.228 e. The highest BCUT2D eigenvalue weighted by Crippen LogP contribution is 2.24. The third-order valence-corrected chi connectivity index (χ3v) is 4.26. The maximum absolute atomic E-state index is 12.3. The predicted molar refractivity (Wildman–Crippen MR) is 85.8 cm³/mol. The van der Waals surface area contributed by atoms with Gasteiger partial charge in [0.1, 0.15) is 5.76 Å². The van der Waals surface area contributed by atoms with E-state index in [-0.39, 0.29) is 5.91 Å². The van der Waals surface area contributed by atoms with Crippen molar-refractivity contribution in [2.45, 2.75) is 32.6 Å². The Bertz CT molecular complexity index is 658. The lowest BCUT2D eigenvalue weighted by Gasteiger charge is -2.26. The molecule has 0 radical (unpaired) electrons. The highest BCUT2D eigenvalue weighted by molar-refractivity contribution is 6.30. The van der Waals surface area contributed by atoms with Crippen LogP contribution in [-0.4, -0.2) is 28.9 Å². The summed E-state index contributed by atoms with van der Waals surface area (Å²) in [5, 5.41) is 0.674. The van der Waals surface area contributed by atoms with Gasteiger partial charge in [-0.3, -0.25) is 4.79 Å². The molecule has 2 aromatic rings. The Morgan fingerprint density at radius 1 is 1.23 bits per heavy atom. The van der Waals surface area contributed by atoms with Crippen LogP contribution in [0.15, 0.2) is 28.7 Å². The number of carbonyl (C=O) groups is 1. The minimum atomic E-state index is 0.138. The lowest BCUT2D eigenvalue weighted by molar-refractivity contribution is -0.131. The van der Waals surface area contributed by atoms with Gasteiger partial charge in [0.15, 0.2) is 0 Å². The average Bonchev–Trinajstić information content (AvgIpc) is 2.90. The highest BCUT2D eigenvalue weighted by atomic mass is 35.5. The van der Waals surface area contributed by atoms with Crippen LogP contribution in [0.1, 0.15) is 30.7 Å². The normalized spacial score (nSPS) is 15.1. The van der Waals surface area contributed by atoms with Crippen molar-refractivity contribution in [3.05, 3.63) is 40.7 Å². The summed E-state index contributed by atoms with van der Waals surface area (Å²) in [5.74, 6) is 1.38. The van der Waals surface area contributed by atoms with Gasteiger partial charge in [0.2, 0.25) is 11.8 Å². The minimum Gasteiger partial charge on any atom is -0.441 e. The Balaban J connectivity index is 1.74. The summed E-state index contributed by atoms with van der Waals surface area (Å²) in [4.78, 5) is 18.8. The molecule has 1 aromatic heterocycles. The molecule has 116 valence electrons. The molecule has 0 spiro atoms. The van der Waals surface area contributed by atoms with E-state index in [9.17, 15) is 4.79 Å². The standard InChI is InChI=1S/C17H19ClN2O2/c1-12-15(11-16(21)20-9-3-2-4-10-20)19-17(22-12)13-5-7-14(18)8-6-13/h5-8H,2-4,9-11H2,1H3. The van der Waals surface area contributed by atoms with Crippen molar-refractivity contribution >= 4 is 17.5 Å². The van der Waals surface area contributed by atoms with E-state index in [0.717, 1.165) is 37.2 Å². The number of halogens is 1. The Morgan fingerprint density at radius 2 is 1.91 bits per heavy atom. The third-order valence-electron chi connectivity index (χ3n) is 4.01. The summed E-state index contributed by atoms with van der Waals surface area (Å²) < 4.78 is 5.70. The molecule has 1 amide bonds. The molecule has 1 aliphatic rings. The highest BCUT2D eigenvalue weighted by Gasteiger charge is 2.20. The fourth-order valence-electron chi connectivity index (χ4n) is 2.71. The second-order valence-corrected chi connectivity index (χ2v) is 6.08. The number of benzene rings is 1. The maximum atomic E-state index is 12.3. The fourth-order valence-corrected chi connectivity index (χ4v) is 2.83. The number of amides is 1. The average molecular weight is 319 g/mol. The van der Waals surface area contributed by atoms with Gasteiger partial charge in [-0.15, -0.1) is 0 Å². The molecule has 0 bridgehead atoms. The van der Waals surface area contributed by atoms with Crippen molar-refractivity contribution in [3.8, 4) is 11.5 Å². The smallest absolute Gasteiger partial charge is 0.228 e. The molecule has 0 aliphatic carbocycles. The van der Waals surface area contributed by atoms with Crippen LogP contribution in [0.4, 0.5) is 0 Å². The van der Waals surface area contributed by atoms with Crippen molar-refractivity contribution < 1.29 is 9.21 Å². The predicted octanol–water partition coefficient (Wildman–Crippen LogP) is 3.86. The molecule has 22 heavy (non-hydrogen) atoms. The van der Waals surface area contributed by atoms with Crippen molar-refractivity contribution in [1.29, 1.82) is 0 Å². The topological polar surface area (TPSA) is 46.3 Å². The van der Waals surface area contributed by atoms with E-state index in [1.165, 1.54) is 6.42 Å². The largest absolute Gasteiger partial charge is 0.441 e. The number of likely N-dealkylation sites (tertiary alicyclic amines) is 1. The van der Waals surface area contributed by atoms with Crippen LogP contribution >= 0.6 is 11.6 Å². The van der Waals surface area contributed by atoms with Gasteiger partial charge in [-0.05, 0) is 50.5 Å². The molecule has 1 saturated heterocycles. The summed E-state index contributed by atoms with van der Waals surface area (Å²) in [6.07, 6.45) is 3.72. The first kappa shape index (κ1) is 15.1. The molecule has 3 rings (SSSR count). The van der Waals surface area contributed by atoms with Gasteiger partial charge in [0.05, 0.1) is 12.1 Å². The van der Waals surface area contributed by atoms with Gasteiger partial charge in [0, 0.05) is 23.7 Å². The van der Waals surface area contributed by atoms with Crippen LogP contribution in [0.2, 0.25) is 5.02 Å². The number of aromatic nitrogens is 1. The Labute approximate surface area is 135 Å². The zero-order valence-corrected chi connectivity index (χ0v) is 13.4. The Kier molecular flexibility index (Phi) is 4.48. The molecule has 1 fully saturated rings. The summed E-state index contributed by atoms with van der Waals surface area (Å²) in [5.41, 5.74) is 1.59. The number of nitrogens with zero attached hydrogens (tertiary/aromatic N) is 2. The number of hydrogen-bond donors (Lipinski definition) is 0. The summed E-state index contributed by atoms with van der Waals surface area (Å²) in [7, 11) is 0. The number of carbonyl (C=O) groups excluding carboxylic acids is 1. The third kappa shape index (κ3) is 3.33. The van der Waals surface area contributed by atoms with Crippen molar-refractivity contribution in [2.75, 3.05) is 13.1 Å². The number of oxazole rings is 1. The monoisotopic (exact) mass is 318 g/mol. The van der Waals surface area contributed by atoms with Crippen molar-refractivity contribution in [3.63, 3.8) is 0 Å². The van der Waals surface area contributed by atoms with Crippen LogP contribution in [0.3, 0.4) is 0 Å². The van der Waals surface area contributed by atoms with E-state index in [0.29, 0.717) is 23.1 Å². The summed E-state index contributed by atoms with van der Waals surface area (Å²) >= 11 is 5.89. The van der Waals surface area contributed by atoms with Gasteiger partial charge < -0.3 is 9.32 Å². The first-order chi connectivity index (χ1) is 10.6. The van der Waals surface area contributed by atoms with Crippen LogP contribution < -0.4 is 0 Å². The molecule has 0 saturated carbocycles.